The van der Waals surface area contributed by atoms with Gasteiger partial charge in [-0.3, -0.25) is 10.1 Å². The van der Waals surface area contributed by atoms with Crippen molar-refractivity contribution in [3.05, 3.63) is 58.1 Å². The van der Waals surface area contributed by atoms with Gasteiger partial charge in [-0.25, -0.2) is 9.97 Å². The molecule has 0 atom stereocenters. The first-order chi connectivity index (χ1) is 12.1. The van der Waals surface area contributed by atoms with Crippen LogP contribution >= 0.6 is 22.9 Å². The summed E-state index contributed by atoms with van der Waals surface area (Å²) in [5.74, 6) is 0.0154. The van der Waals surface area contributed by atoms with E-state index < -0.39 is 0 Å². The molecule has 3 rings (SSSR count). The zero-order valence-corrected chi connectivity index (χ0v) is 15.3. The molecule has 1 amide bonds. The van der Waals surface area contributed by atoms with Crippen molar-refractivity contribution in [2.75, 3.05) is 11.9 Å². The molecule has 0 saturated carbocycles. The van der Waals surface area contributed by atoms with E-state index in [-0.39, 0.29) is 5.91 Å². The summed E-state index contributed by atoms with van der Waals surface area (Å²) in [6.07, 6.45) is 1.59. The Morgan fingerprint density at radius 3 is 2.76 bits per heavy atom. The summed E-state index contributed by atoms with van der Waals surface area (Å²) in [6.45, 7) is 4.25. The van der Waals surface area contributed by atoms with Gasteiger partial charge >= 0.3 is 0 Å². The smallest absolute Gasteiger partial charge is 0.262 e. The van der Waals surface area contributed by atoms with Crippen LogP contribution in [0.2, 0.25) is 5.02 Å². The number of rotatable bonds is 5. The van der Waals surface area contributed by atoms with Crippen LogP contribution in [0, 0.1) is 6.92 Å². The Labute approximate surface area is 154 Å². The molecule has 0 spiro atoms. The zero-order valence-electron chi connectivity index (χ0n) is 13.7. The molecular weight excluding hydrogens is 358 g/mol. The summed E-state index contributed by atoms with van der Waals surface area (Å²) in [5, 5.41) is 4.02. The number of pyridine rings is 1. The molecule has 0 fully saturated rings. The second-order valence-electron chi connectivity index (χ2n) is 5.17. The average Bonchev–Trinajstić information content (AvgIpc) is 2.96. The predicted molar refractivity (Wildman–Crippen MR) is 101 cm³/mol. The molecule has 0 radical (unpaired) electrons. The highest BCUT2D eigenvalue weighted by molar-refractivity contribution is 7.16. The first-order valence-corrected chi connectivity index (χ1v) is 8.90. The van der Waals surface area contributed by atoms with E-state index in [1.54, 1.807) is 18.3 Å². The van der Waals surface area contributed by atoms with Crippen molar-refractivity contribution >= 4 is 34.0 Å². The van der Waals surface area contributed by atoms with Gasteiger partial charge in [-0.2, -0.15) is 0 Å². The molecule has 1 N–H and O–H groups in total. The summed E-state index contributed by atoms with van der Waals surface area (Å²) in [4.78, 5) is 22.2. The lowest BCUT2D eigenvalue weighted by Crippen LogP contribution is -2.14. The Morgan fingerprint density at radius 2 is 2.04 bits per heavy atom. The average molecular weight is 374 g/mol. The summed E-state index contributed by atoms with van der Waals surface area (Å²) in [5.41, 5.74) is 2.16. The van der Waals surface area contributed by atoms with Gasteiger partial charge in [0.2, 0.25) is 5.88 Å². The monoisotopic (exact) mass is 373 g/mol. The second kappa shape index (κ2) is 7.63. The topological polar surface area (TPSA) is 64.1 Å². The summed E-state index contributed by atoms with van der Waals surface area (Å²) in [7, 11) is 0. The van der Waals surface area contributed by atoms with Crippen LogP contribution in [-0.2, 0) is 0 Å². The fourth-order valence-electron chi connectivity index (χ4n) is 2.31. The number of ether oxygens (including phenoxy) is 1. The number of benzene rings is 1. The lowest BCUT2D eigenvalue weighted by molar-refractivity contribution is 0.102. The van der Waals surface area contributed by atoms with Crippen molar-refractivity contribution in [3.8, 4) is 17.1 Å². The minimum absolute atomic E-state index is 0.298. The van der Waals surface area contributed by atoms with E-state index in [0.717, 1.165) is 16.1 Å². The van der Waals surface area contributed by atoms with Crippen LogP contribution in [-0.4, -0.2) is 22.5 Å². The third-order valence-electron chi connectivity index (χ3n) is 3.43. The fourth-order valence-corrected chi connectivity index (χ4v) is 3.26. The van der Waals surface area contributed by atoms with Gasteiger partial charge in [-0.15, -0.1) is 11.3 Å². The highest BCUT2D eigenvalue weighted by Crippen LogP contribution is 2.31. The van der Waals surface area contributed by atoms with E-state index in [1.807, 2.05) is 38.1 Å². The van der Waals surface area contributed by atoms with Crippen molar-refractivity contribution in [1.82, 2.24) is 9.97 Å². The highest BCUT2D eigenvalue weighted by atomic mass is 35.5. The number of carbonyl (C=O) groups is 1. The molecule has 7 heteroatoms. The standard InChI is InChI=1S/C18H16ClN3O2S/c1-3-24-17-14(5-4-10-20-17)16(23)22-18-21-15(11(2)25-18)12-6-8-13(19)9-7-12/h4-10H,3H2,1-2H3,(H,21,22,23). The molecule has 128 valence electrons. The van der Waals surface area contributed by atoms with Gasteiger partial charge in [0.1, 0.15) is 5.56 Å². The van der Waals surface area contributed by atoms with E-state index in [2.05, 4.69) is 15.3 Å². The SMILES string of the molecule is CCOc1ncccc1C(=O)Nc1nc(-c2ccc(Cl)cc2)c(C)s1. The maximum atomic E-state index is 12.5. The van der Waals surface area contributed by atoms with E-state index in [0.29, 0.717) is 28.2 Å². The Balaban J connectivity index is 1.83. The molecule has 0 unspecified atom stereocenters. The van der Waals surface area contributed by atoms with E-state index in [1.165, 1.54) is 11.3 Å². The maximum Gasteiger partial charge on any atom is 0.262 e. The summed E-state index contributed by atoms with van der Waals surface area (Å²) >= 11 is 7.35. The molecule has 0 aliphatic heterocycles. The zero-order chi connectivity index (χ0) is 17.8. The number of thiazole rings is 1. The van der Waals surface area contributed by atoms with Crippen LogP contribution in [0.25, 0.3) is 11.3 Å². The van der Waals surface area contributed by atoms with Crippen molar-refractivity contribution in [2.24, 2.45) is 0 Å². The molecule has 1 aromatic carbocycles. The minimum atomic E-state index is -0.298. The normalized spacial score (nSPS) is 10.5. The first kappa shape index (κ1) is 17.4. The largest absolute Gasteiger partial charge is 0.477 e. The third kappa shape index (κ3) is 3.97. The lowest BCUT2D eigenvalue weighted by Gasteiger charge is -2.07. The maximum absolute atomic E-state index is 12.5. The quantitative estimate of drug-likeness (QED) is 0.696. The van der Waals surface area contributed by atoms with Crippen molar-refractivity contribution in [2.45, 2.75) is 13.8 Å². The van der Waals surface area contributed by atoms with Gasteiger partial charge in [0.25, 0.3) is 5.91 Å². The number of hydrogen-bond donors (Lipinski definition) is 1. The molecule has 3 aromatic rings. The van der Waals surface area contributed by atoms with Gasteiger partial charge in [-0.05, 0) is 38.1 Å². The molecule has 0 saturated heterocycles. The van der Waals surface area contributed by atoms with Crippen LogP contribution < -0.4 is 10.1 Å². The van der Waals surface area contributed by atoms with Crippen molar-refractivity contribution < 1.29 is 9.53 Å². The molecule has 0 bridgehead atoms. The van der Waals surface area contributed by atoms with Crippen LogP contribution in [0.3, 0.4) is 0 Å². The Bertz CT molecular complexity index is 894. The van der Waals surface area contributed by atoms with Crippen LogP contribution in [0.15, 0.2) is 42.6 Å². The number of aromatic nitrogens is 2. The van der Waals surface area contributed by atoms with Crippen LogP contribution in [0.5, 0.6) is 5.88 Å². The molecule has 2 heterocycles. The van der Waals surface area contributed by atoms with Crippen LogP contribution in [0.4, 0.5) is 5.13 Å². The molecule has 0 aliphatic carbocycles. The van der Waals surface area contributed by atoms with Crippen molar-refractivity contribution in [1.29, 1.82) is 0 Å². The second-order valence-corrected chi connectivity index (χ2v) is 6.81. The number of carbonyl (C=O) groups excluding carboxylic acids is 1. The van der Waals surface area contributed by atoms with E-state index in [4.69, 9.17) is 16.3 Å². The fraction of sp³-hybridized carbons (Fsp3) is 0.167. The van der Waals surface area contributed by atoms with Gasteiger partial charge in [0, 0.05) is 21.7 Å². The molecule has 5 nitrogen and oxygen atoms in total. The highest BCUT2D eigenvalue weighted by Gasteiger charge is 2.17. The number of nitrogens with zero attached hydrogens (tertiary/aromatic N) is 2. The Morgan fingerprint density at radius 1 is 1.28 bits per heavy atom. The minimum Gasteiger partial charge on any atom is -0.477 e. The number of aryl methyl sites for hydroxylation is 1. The Kier molecular flexibility index (Phi) is 5.31. The number of nitrogens with one attached hydrogen (secondary N) is 1. The predicted octanol–water partition coefficient (Wildman–Crippen LogP) is 4.82. The van der Waals surface area contributed by atoms with Gasteiger partial charge in [-0.1, -0.05) is 23.7 Å². The molecular formula is C18H16ClN3O2S. The van der Waals surface area contributed by atoms with Gasteiger partial charge in [0.15, 0.2) is 5.13 Å². The number of amides is 1. The summed E-state index contributed by atoms with van der Waals surface area (Å²) in [6, 6.07) is 10.8. The van der Waals surface area contributed by atoms with Gasteiger partial charge in [0.05, 0.1) is 12.3 Å². The van der Waals surface area contributed by atoms with Crippen LogP contribution in [0.1, 0.15) is 22.2 Å². The number of hydrogen-bond acceptors (Lipinski definition) is 5. The Hall–Kier alpha value is -2.44. The number of anilines is 1. The third-order valence-corrected chi connectivity index (χ3v) is 4.57. The molecule has 0 aliphatic rings. The number of halogens is 1. The summed E-state index contributed by atoms with van der Waals surface area (Å²) < 4.78 is 5.40. The van der Waals surface area contributed by atoms with Gasteiger partial charge < -0.3 is 4.74 Å². The van der Waals surface area contributed by atoms with Crippen molar-refractivity contribution in [3.63, 3.8) is 0 Å². The molecule has 2 aromatic heterocycles. The van der Waals surface area contributed by atoms with E-state index >= 15 is 0 Å². The van der Waals surface area contributed by atoms with E-state index in [9.17, 15) is 4.79 Å². The first-order valence-electron chi connectivity index (χ1n) is 7.71. The lowest BCUT2D eigenvalue weighted by atomic mass is 10.1. The molecule has 25 heavy (non-hydrogen) atoms.